The van der Waals surface area contributed by atoms with Gasteiger partial charge in [0.2, 0.25) is 0 Å². The molecule has 0 aromatic heterocycles. The lowest BCUT2D eigenvalue weighted by atomic mass is 9.89. The zero-order chi connectivity index (χ0) is 11.5. The van der Waals surface area contributed by atoms with Crippen LogP contribution in [0.15, 0.2) is 18.2 Å². The molecule has 1 fully saturated rings. The highest BCUT2D eigenvalue weighted by molar-refractivity contribution is 5.46. The van der Waals surface area contributed by atoms with Crippen LogP contribution in [0.1, 0.15) is 19.8 Å². The van der Waals surface area contributed by atoms with Crippen LogP contribution in [-0.2, 0) is 4.74 Å². The van der Waals surface area contributed by atoms with Crippen LogP contribution in [0.2, 0.25) is 0 Å². The van der Waals surface area contributed by atoms with Crippen LogP contribution in [0.25, 0.3) is 0 Å². The van der Waals surface area contributed by atoms with Crippen molar-refractivity contribution in [2.75, 3.05) is 11.9 Å². The molecule has 88 valence electrons. The van der Waals surface area contributed by atoms with Crippen molar-refractivity contribution in [2.24, 2.45) is 0 Å². The van der Waals surface area contributed by atoms with Crippen molar-refractivity contribution in [3.63, 3.8) is 0 Å². The van der Waals surface area contributed by atoms with Crippen LogP contribution >= 0.6 is 0 Å². The molecule has 2 rings (SSSR count). The van der Waals surface area contributed by atoms with E-state index in [0.29, 0.717) is 12.3 Å². The van der Waals surface area contributed by atoms with E-state index in [1.807, 2.05) is 6.92 Å². The third-order valence-electron chi connectivity index (χ3n) is 2.79. The van der Waals surface area contributed by atoms with E-state index in [2.05, 4.69) is 5.32 Å². The summed E-state index contributed by atoms with van der Waals surface area (Å²) in [4.78, 5) is 0. The van der Waals surface area contributed by atoms with E-state index in [-0.39, 0.29) is 12.1 Å². The van der Waals surface area contributed by atoms with Gasteiger partial charge in [0.15, 0.2) is 0 Å². The Morgan fingerprint density at radius 2 is 2.12 bits per heavy atom. The summed E-state index contributed by atoms with van der Waals surface area (Å²) in [5.74, 6) is -1.09. The Labute approximate surface area is 93.6 Å². The summed E-state index contributed by atoms with van der Waals surface area (Å²) < 4.78 is 31.3. The minimum absolute atomic E-state index is 0.233. The predicted molar refractivity (Wildman–Crippen MR) is 58.4 cm³/mol. The van der Waals surface area contributed by atoms with Gasteiger partial charge >= 0.3 is 0 Å². The number of benzene rings is 1. The zero-order valence-corrected chi connectivity index (χ0v) is 9.17. The van der Waals surface area contributed by atoms with Crippen LogP contribution < -0.4 is 5.32 Å². The van der Waals surface area contributed by atoms with Crippen LogP contribution in [0.5, 0.6) is 0 Å². The SMILES string of the molecule is CCOC1CC(Nc2ccc(F)cc2F)C1. The highest BCUT2D eigenvalue weighted by Gasteiger charge is 2.29. The van der Waals surface area contributed by atoms with Gasteiger partial charge in [-0.15, -0.1) is 0 Å². The molecule has 1 aromatic carbocycles. The molecule has 0 saturated heterocycles. The summed E-state index contributed by atoms with van der Waals surface area (Å²) in [7, 11) is 0. The molecule has 0 heterocycles. The highest BCUT2D eigenvalue weighted by Crippen LogP contribution is 2.27. The molecule has 0 aliphatic heterocycles. The van der Waals surface area contributed by atoms with Crippen molar-refractivity contribution in [2.45, 2.75) is 31.9 Å². The van der Waals surface area contributed by atoms with Crippen molar-refractivity contribution >= 4 is 5.69 Å². The van der Waals surface area contributed by atoms with Gasteiger partial charge in [-0.2, -0.15) is 0 Å². The van der Waals surface area contributed by atoms with Gasteiger partial charge in [-0.1, -0.05) is 0 Å². The summed E-state index contributed by atoms with van der Waals surface area (Å²) in [6, 6.07) is 3.81. The first-order valence-electron chi connectivity index (χ1n) is 5.52. The maximum Gasteiger partial charge on any atom is 0.149 e. The quantitative estimate of drug-likeness (QED) is 0.853. The Bertz CT molecular complexity index is 364. The molecular weight excluding hydrogens is 212 g/mol. The van der Waals surface area contributed by atoms with Gasteiger partial charge < -0.3 is 10.1 Å². The predicted octanol–water partition coefficient (Wildman–Crippen LogP) is 2.94. The van der Waals surface area contributed by atoms with Crippen molar-refractivity contribution < 1.29 is 13.5 Å². The fourth-order valence-corrected chi connectivity index (χ4v) is 1.88. The molecule has 0 bridgehead atoms. The summed E-state index contributed by atoms with van der Waals surface area (Å²) in [6.45, 7) is 2.67. The fraction of sp³-hybridized carbons (Fsp3) is 0.500. The molecular formula is C12H15F2NO. The number of nitrogens with one attached hydrogen (secondary N) is 1. The number of rotatable bonds is 4. The lowest BCUT2D eigenvalue weighted by Gasteiger charge is -2.36. The number of hydrogen-bond donors (Lipinski definition) is 1. The Kier molecular flexibility index (Phi) is 3.39. The van der Waals surface area contributed by atoms with Gasteiger partial charge in [-0.25, -0.2) is 8.78 Å². The van der Waals surface area contributed by atoms with Gasteiger partial charge in [0.25, 0.3) is 0 Å². The summed E-state index contributed by atoms with van der Waals surface area (Å²) in [5, 5.41) is 3.04. The molecule has 2 nitrogen and oxygen atoms in total. The summed E-state index contributed by atoms with van der Waals surface area (Å²) in [5.41, 5.74) is 0.362. The van der Waals surface area contributed by atoms with E-state index in [1.165, 1.54) is 12.1 Å². The number of hydrogen-bond acceptors (Lipinski definition) is 2. The molecule has 1 N–H and O–H groups in total. The minimum atomic E-state index is -0.552. The molecule has 1 aromatic rings. The monoisotopic (exact) mass is 227 g/mol. The Morgan fingerprint density at radius 1 is 1.38 bits per heavy atom. The van der Waals surface area contributed by atoms with Crippen LogP contribution in [0, 0.1) is 11.6 Å². The van der Waals surface area contributed by atoms with Crippen LogP contribution in [-0.4, -0.2) is 18.8 Å². The van der Waals surface area contributed by atoms with E-state index >= 15 is 0 Å². The highest BCUT2D eigenvalue weighted by atomic mass is 19.1. The smallest absolute Gasteiger partial charge is 0.149 e. The zero-order valence-electron chi connectivity index (χ0n) is 9.17. The molecule has 0 radical (unpaired) electrons. The van der Waals surface area contributed by atoms with E-state index in [1.54, 1.807) is 0 Å². The number of halogens is 2. The molecule has 0 spiro atoms. The van der Waals surface area contributed by atoms with Gasteiger partial charge in [0, 0.05) is 18.7 Å². The molecule has 0 amide bonds. The standard InChI is InChI=1S/C12H15F2NO/c1-2-16-10-6-9(7-10)15-12-4-3-8(13)5-11(12)14/h3-5,9-10,15H,2,6-7H2,1H3. The second-order valence-electron chi connectivity index (χ2n) is 4.01. The van der Waals surface area contributed by atoms with Crippen molar-refractivity contribution in [1.29, 1.82) is 0 Å². The lowest BCUT2D eigenvalue weighted by Crippen LogP contribution is -2.41. The second-order valence-corrected chi connectivity index (χ2v) is 4.01. The van der Waals surface area contributed by atoms with Crippen LogP contribution in [0.4, 0.5) is 14.5 Å². The van der Waals surface area contributed by atoms with Gasteiger partial charge in [-0.05, 0) is 31.9 Å². The average molecular weight is 227 g/mol. The minimum Gasteiger partial charge on any atom is -0.380 e. The molecule has 1 aliphatic carbocycles. The lowest BCUT2D eigenvalue weighted by molar-refractivity contribution is 0.00293. The van der Waals surface area contributed by atoms with Crippen molar-refractivity contribution in [3.05, 3.63) is 29.8 Å². The second kappa shape index (κ2) is 4.78. The van der Waals surface area contributed by atoms with E-state index in [9.17, 15) is 8.78 Å². The normalized spacial score (nSPS) is 23.9. The molecule has 1 aliphatic rings. The Hall–Kier alpha value is -1.16. The topological polar surface area (TPSA) is 21.3 Å². The molecule has 1 saturated carbocycles. The largest absolute Gasteiger partial charge is 0.380 e. The average Bonchev–Trinajstić information content (AvgIpc) is 2.18. The van der Waals surface area contributed by atoms with Gasteiger partial charge in [0.05, 0.1) is 11.8 Å². The Morgan fingerprint density at radius 3 is 2.75 bits per heavy atom. The van der Waals surface area contributed by atoms with E-state index in [0.717, 1.165) is 18.9 Å². The molecule has 4 heteroatoms. The van der Waals surface area contributed by atoms with Gasteiger partial charge in [0.1, 0.15) is 11.6 Å². The summed E-state index contributed by atoms with van der Waals surface area (Å²) >= 11 is 0. The maximum atomic E-state index is 13.3. The van der Waals surface area contributed by atoms with E-state index < -0.39 is 11.6 Å². The van der Waals surface area contributed by atoms with Crippen LogP contribution in [0.3, 0.4) is 0 Å². The first kappa shape index (κ1) is 11.3. The maximum absolute atomic E-state index is 13.3. The first-order valence-corrected chi connectivity index (χ1v) is 5.52. The first-order chi connectivity index (χ1) is 7.69. The van der Waals surface area contributed by atoms with Crippen molar-refractivity contribution in [1.82, 2.24) is 0 Å². The van der Waals surface area contributed by atoms with Gasteiger partial charge in [-0.3, -0.25) is 0 Å². The third-order valence-corrected chi connectivity index (χ3v) is 2.79. The fourth-order valence-electron chi connectivity index (χ4n) is 1.88. The molecule has 0 unspecified atom stereocenters. The molecule has 16 heavy (non-hydrogen) atoms. The molecule has 0 atom stereocenters. The number of anilines is 1. The van der Waals surface area contributed by atoms with E-state index in [4.69, 9.17) is 4.74 Å². The van der Waals surface area contributed by atoms with Crippen molar-refractivity contribution in [3.8, 4) is 0 Å². The summed E-state index contributed by atoms with van der Waals surface area (Å²) in [6.07, 6.45) is 2.04. The Balaban J connectivity index is 1.87. The third kappa shape index (κ3) is 2.50. The number of ether oxygens (including phenoxy) is 1.